The Kier molecular flexibility index (Phi) is 5.20. The van der Waals surface area contributed by atoms with Gasteiger partial charge in [-0.2, -0.15) is 0 Å². The maximum atomic E-state index is 12.1. The Hall–Kier alpha value is -1.27. The Bertz CT molecular complexity index is 407. The van der Waals surface area contributed by atoms with Gasteiger partial charge in [0.1, 0.15) is 5.75 Å². The molecular weight excluding hydrogens is 259 g/mol. The van der Waals surface area contributed by atoms with Crippen LogP contribution >= 0.6 is 0 Å². The molecule has 0 aliphatic rings. The Morgan fingerprint density at radius 1 is 1.21 bits per heavy atom. The topological polar surface area (TPSA) is 44.5 Å². The van der Waals surface area contributed by atoms with E-state index in [1.807, 2.05) is 13.8 Å². The third-order valence-corrected chi connectivity index (χ3v) is 2.76. The third kappa shape index (κ3) is 4.72. The van der Waals surface area contributed by atoms with Crippen LogP contribution in [0.3, 0.4) is 0 Å². The first-order valence-electron chi connectivity index (χ1n) is 5.88. The molecule has 0 saturated carbocycles. The molecule has 2 N–H and O–H groups in total. The fourth-order valence-corrected chi connectivity index (χ4v) is 1.94. The Labute approximate surface area is 110 Å². The summed E-state index contributed by atoms with van der Waals surface area (Å²) < 4.78 is 45.6. The van der Waals surface area contributed by atoms with Crippen LogP contribution in [-0.2, 0) is 4.74 Å². The summed E-state index contributed by atoms with van der Waals surface area (Å²) in [6, 6.07) is 5.14. The van der Waals surface area contributed by atoms with Gasteiger partial charge in [-0.15, -0.1) is 13.2 Å². The highest BCUT2D eigenvalue weighted by molar-refractivity contribution is 5.31. The standard InChI is InChI=1S/C13H18F3NO2/c1-8(2)12(18-3)11(17)9-5-4-6-10(7-9)19-13(14,15)16/h4-8,11-12H,17H2,1-3H3. The lowest BCUT2D eigenvalue weighted by atomic mass is 9.94. The van der Waals surface area contributed by atoms with Crippen molar-refractivity contribution >= 4 is 0 Å². The van der Waals surface area contributed by atoms with Crippen LogP contribution in [0, 0.1) is 5.92 Å². The van der Waals surface area contributed by atoms with Crippen LogP contribution in [0.1, 0.15) is 25.5 Å². The van der Waals surface area contributed by atoms with Gasteiger partial charge in [-0.1, -0.05) is 26.0 Å². The molecule has 0 heterocycles. The molecule has 3 nitrogen and oxygen atoms in total. The Morgan fingerprint density at radius 2 is 1.84 bits per heavy atom. The van der Waals surface area contributed by atoms with Gasteiger partial charge in [-0.05, 0) is 23.6 Å². The number of nitrogens with two attached hydrogens (primary N) is 1. The predicted octanol–water partition coefficient (Wildman–Crippen LogP) is 3.26. The van der Waals surface area contributed by atoms with Gasteiger partial charge in [0.2, 0.25) is 0 Å². The quantitative estimate of drug-likeness (QED) is 0.898. The SMILES string of the molecule is COC(C(C)C)C(N)c1cccc(OC(F)(F)F)c1. The van der Waals surface area contributed by atoms with Crippen molar-refractivity contribution in [2.75, 3.05) is 7.11 Å². The van der Waals surface area contributed by atoms with Gasteiger partial charge in [0, 0.05) is 7.11 Å². The maximum absolute atomic E-state index is 12.1. The Balaban J connectivity index is 2.92. The molecule has 2 unspecified atom stereocenters. The first-order valence-corrected chi connectivity index (χ1v) is 5.88. The van der Waals surface area contributed by atoms with E-state index >= 15 is 0 Å². The van der Waals surface area contributed by atoms with Crippen LogP contribution in [0.2, 0.25) is 0 Å². The number of alkyl halides is 3. The summed E-state index contributed by atoms with van der Waals surface area (Å²) in [5, 5.41) is 0. The zero-order valence-corrected chi connectivity index (χ0v) is 11.1. The van der Waals surface area contributed by atoms with Crippen LogP contribution in [0.4, 0.5) is 13.2 Å². The molecule has 0 radical (unpaired) electrons. The summed E-state index contributed by atoms with van der Waals surface area (Å²) in [6.45, 7) is 3.87. The second kappa shape index (κ2) is 6.25. The van der Waals surface area contributed by atoms with Crippen molar-refractivity contribution in [1.29, 1.82) is 0 Å². The van der Waals surface area contributed by atoms with Crippen molar-refractivity contribution in [3.8, 4) is 5.75 Å². The van der Waals surface area contributed by atoms with Crippen molar-refractivity contribution in [3.63, 3.8) is 0 Å². The van der Waals surface area contributed by atoms with Gasteiger partial charge in [-0.3, -0.25) is 0 Å². The highest BCUT2D eigenvalue weighted by atomic mass is 19.4. The number of hydrogen-bond donors (Lipinski definition) is 1. The van der Waals surface area contributed by atoms with E-state index < -0.39 is 12.4 Å². The zero-order chi connectivity index (χ0) is 14.6. The summed E-state index contributed by atoms with van der Waals surface area (Å²) >= 11 is 0. The van der Waals surface area contributed by atoms with Crippen molar-refractivity contribution in [2.24, 2.45) is 11.7 Å². The molecule has 0 bridgehead atoms. The van der Waals surface area contributed by atoms with E-state index in [4.69, 9.17) is 10.5 Å². The minimum absolute atomic E-state index is 0.146. The highest BCUT2D eigenvalue weighted by Crippen LogP contribution is 2.28. The van der Waals surface area contributed by atoms with E-state index in [2.05, 4.69) is 4.74 Å². The molecule has 0 saturated heterocycles. The molecule has 1 rings (SSSR count). The number of hydrogen-bond acceptors (Lipinski definition) is 3. The van der Waals surface area contributed by atoms with Crippen molar-refractivity contribution in [1.82, 2.24) is 0 Å². The summed E-state index contributed by atoms with van der Waals surface area (Å²) in [5.41, 5.74) is 6.57. The first kappa shape index (κ1) is 15.8. The number of methoxy groups -OCH3 is 1. The van der Waals surface area contributed by atoms with E-state index in [9.17, 15) is 13.2 Å². The van der Waals surface area contributed by atoms with Gasteiger partial charge in [0.05, 0.1) is 12.1 Å². The fraction of sp³-hybridized carbons (Fsp3) is 0.538. The average molecular weight is 277 g/mol. The predicted molar refractivity (Wildman–Crippen MR) is 65.7 cm³/mol. The molecule has 0 aliphatic heterocycles. The molecule has 2 atom stereocenters. The molecule has 1 aromatic carbocycles. The van der Waals surface area contributed by atoms with Crippen molar-refractivity contribution in [3.05, 3.63) is 29.8 Å². The third-order valence-electron chi connectivity index (χ3n) is 2.76. The van der Waals surface area contributed by atoms with Crippen molar-refractivity contribution < 1.29 is 22.6 Å². The fourth-order valence-electron chi connectivity index (χ4n) is 1.94. The molecule has 0 spiro atoms. The lowest BCUT2D eigenvalue weighted by Gasteiger charge is -2.26. The number of halogens is 3. The van der Waals surface area contributed by atoms with E-state index in [1.165, 1.54) is 25.3 Å². The minimum atomic E-state index is -4.71. The first-order chi connectivity index (χ1) is 8.74. The molecule has 0 aromatic heterocycles. The summed E-state index contributed by atoms with van der Waals surface area (Å²) in [4.78, 5) is 0. The monoisotopic (exact) mass is 277 g/mol. The van der Waals surface area contributed by atoms with E-state index in [-0.39, 0.29) is 17.8 Å². The van der Waals surface area contributed by atoms with Gasteiger partial charge < -0.3 is 15.2 Å². The van der Waals surface area contributed by atoms with Crippen LogP contribution in [-0.4, -0.2) is 19.6 Å². The van der Waals surface area contributed by atoms with Crippen LogP contribution in [0.15, 0.2) is 24.3 Å². The Morgan fingerprint density at radius 3 is 2.32 bits per heavy atom. The number of ether oxygens (including phenoxy) is 2. The maximum Gasteiger partial charge on any atom is 0.573 e. The summed E-state index contributed by atoms with van der Waals surface area (Å²) in [6.07, 6.45) is -4.98. The van der Waals surface area contributed by atoms with Crippen LogP contribution < -0.4 is 10.5 Å². The normalized spacial score (nSPS) is 15.4. The molecule has 6 heteroatoms. The van der Waals surface area contributed by atoms with Gasteiger partial charge in [0.15, 0.2) is 0 Å². The van der Waals surface area contributed by atoms with Gasteiger partial charge in [-0.25, -0.2) is 0 Å². The van der Waals surface area contributed by atoms with E-state index in [0.717, 1.165) is 0 Å². The second-order valence-electron chi connectivity index (χ2n) is 4.59. The lowest BCUT2D eigenvalue weighted by molar-refractivity contribution is -0.274. The average Bonchev–Trinajstić information content (AvgIpc) is 2.27. The smallest absolute Gasteiger partial charge is 0.406 e. The lowest BCUT2D eigenvalue weighted by Crippen LogP contribution is -2.32. The van der Waals surface area contributed by atoms with E-state index in [1.54, 1.807) is 6.07 Å². The molecule has 108 valence electrons. The number of benzene rings is 1. The largest absolute Gasteiger partial charge is 0.573 e. The molecule has 0 aliphatic carbocycles. The summed E-state index contributed by atoms with van der Waals surface area (Å²) in [7, 11) is 1.53. The molecule has 0 fully saturated rings. The number of rotatable bonds is 5. The van der Waals surface area contributed by atoms with Crippen molar-refractivity contribution in [2.45, 2.75) is 32.4 Å². The minimum Gasteiger partial charge on any atom is -0.406 e. The molecule has 0 amide bonds. The van der Waals surface area contributed by atoms with Crippen LogP contribution in [0.5, 0.6) is 5.75 Å². The molecular formula is C13H18F3NO2. The summed E-state index contributed by atoms with van der Waals surface area (Å²) in [5.74, 6) is -0.133. The zero-order valence-electron chi connectivity index (χ0n) is 11.1. The second-order valence-corrected chi connectivity index (χ2v) is 4.59. The van der Waals surface area contributed by atoms with Crippen LogP contribution in [0.25, 0.3) is 0 Å². The van der Waals surface area contributed by atoms with Gasteiger partial charge in [0.25, 0.3) is 0 Å². The van der Waals surface area contributed by atoms with Gasteiger partial charge >= 0.3 is 6.36 Å². The highest BCUT2D eigenvalue weighted by Gasteiger charge is 2.31. The molecule has 1 aromatic rings. The molecule has 19 heavy (non-hydrogen) atoms. The van der Waals surface area contributed by atoms with E-state index in [0.29, 0.717) is 5.56 Å².